The van der Waals surface area contributed by atoms with Crippen molar-refractivity contribution in [3.63, 3.8) is 0 Å². The minimum absolute atomic E-state index is 0.526. The molecule has 24 heavy (non-hydrogen) atoms. The molecular weight excluding hydrogens is 318 g/mol. The molecule has 1 fully saturated rings. The van der Waals surface area contributed by atoms with Crippen LogP contribution in [-0.4, -0.2) is 10.1 Å². The fourth-order valence-corrected chi connectivity index (χ4v) is 3.48. The van der Waals surface area contributed by atoms with Crippen LogP contribution in [0.2, 0.25) is 0 Å². The summed E-state index contributed by atoms with van der Waals surface area (Å²) < 4.78 is 5.30. The fourth-order valence-electron chi connectivity index (χ4n) is 2.54. The number of anilines is 1. The number of hydrogen-bond donors (Lipinski definition) is 1. The number of nitrogens with one attached hydrogen (secondary N) is 1. The second-order valence-electron chi connectivity index (χ2n) is 6.07. The maximum absolute atomic E-state index is 5.30. The molecule has 0 atom stereocenters. The lowest BCUT2D eigenvalue weighted by Crippen LogP contribution is -2.01. The summed E-state index contributed by atoms with van der Waals surface area (Å²) in [5.41, 5.74) is 2.30. The molecule has 0 bridgehead atoms. The van der Waals surface area contributed by atoms with Crippen LogP contribution < -0.4 is 5.32 Å². The molecule has 4 rings (SSSR count). The van der Waals surface area contributed by atoms with E-state index in [0.29, 0.717) is 18.4 Å². The first-order valence-electron chi connectivity index (χ1n) is 8.18. The van der Waals surface area contributed by atoms with Crippen molar-refractivity contribution in [3.8, 4) is 0 Å². The molecule has 1 aromatic heterocycles. The van der Waals surface area contributed by atoms with Crippen LogP contribution in [0.5, 0.6) is 0 Å². The lowest BCUT2D eigenvalue weighted by molar-refractivity contribution is 0.378. The van der Waals surface area contributed by atoms with Crippen LogP contribution in [0.4, 0.5) is 5.69 Å². The van der Waals surface area contributed by atoms with Gasteiger partial charge in [0.1, 0.15) is 0 Å². The third-order valence-corrected chi connectivity index (χ3v) is 5.03. The lowest BCUT2D eigenvalue weighted by atomic mass is 10.2. The van der Waals surface area contributed by atoms with Crippen LogP contribution >= 0.6 is 11.8 Å². The van der Waals surface area contributed by atoms with Gasteiger partial charge in [0.25, 0.3) is 0 Å². The summed E-state index contributed by atoms with van der Waals surface area (Å²) in [6, 6.07) is 16.8. The van der Waals surface area contributed by atoms with E-state index in [1.807, 2.05) is 6.07 Å². The lowest BCUT2D eigenvalue weighted by Gasteiger charge is -2.09. The molecule has 0 radical (unpaired) electrons. The van der Waals surface area contributed by atoms with Gasteiger partial charge in [0.2, 0.25) is 5.89 Å². The van der Waals surface area contributed by atoms with Crippen molar-refractivity contribution in [3.05, 3.63) is 65.8 Å². The second-order valence-corrected chi connectivity index (χ2v) is 7.21. The molecule has 1 N–H and O–H groups in total. The van der Waals surface area contributed by atoms with E-state index < -0.39 is 0 Å². The van der Waals surface area contributed by atoms with E-state index in [-0.39, 0.29) is 0 Å². The Labute approximate surface area is 145 Å². The Kier molecular flexibility index (Phi) is 4.26. The van der Waals surface area contributed by atoms with Crippen molar-refractivity contribution in [1.29, 1.82) is 0 Å². The monoisotopic (exact) mass is 337 g/mol. The molecule has 0 saturated heterocycles. The second kappa shape index (κ2) is 6.69. The minimum Gasteiger partial charge on any atom is -0.376 e. The molecule has 0 amide bonds. The molecule has 2 aromatic carbocycles. The highest BCUT2D eigenvalue weighted by atomic mass is 32.2. The summed E-state index contributed by atoms with van der Waals surface area (Å²) >= 11 is 1.77. The van der Waals surface area contributed by atoms with Crippen LogP contribution in [0.25, 0.3) is 0 Å². The first-order chi connectivity index (χ1) is 11.8. The summed E-state index contributed by atoms with van der Waals surface area (Å²) in [6.45, 7) is 2.67. The average Bonchev–Trinajstić information content (AvgIpc) is 3.34. The molecule has 5 heteroatoms. The van der Waals surface area contributed by atoms with Crippen LogP contribution in [0.3, 0.4) is 0 Å². The van der Waals surface area contributed by atoms with Gasteiger partial charge < -0.3 is 9.84 Å². The van der Waals surface area contributed by atoms with Crippen LogP contribution in [0.15, 0.2) is 62.8 Å². The maximum atomic E-state index is 5.30. The summed E-state index contributed by atoms with van der Waals surface area (Å²) in [4.78, 5) is 6.93. The number of benzene rings is 2. The molecule has 4 nitrogen and oxygen atoms in total. The highest BCUT2D eigenvalue weighted by molar-refractivity contribution is 7.99. The van der Waals surface area contributed by atoms with Crippen LogP contribution in [0.1, 0.15) is 36.0 Å². The van der Waals surface area contributed by atoms with Crippen LogP contribution in [0, 0.1) is 6.92 Å². The van der Waals surface area contributed by atoms with Gasteiger partial charge in [-0.3, -0.25) is 0 Å². The largest absolute Gasteiger partial charge is 0.376 e. The number of hydrogen-bond acceptors (Lipinski definition) is 5. The van der Waals surface area contributed by atoms with E-state index in [2.05, 4.69) is 64.8 Å². The predicted octanol–water partition coefficient (Wildman–Crippen LogP) is 5.02. The van der Waals surface area contributed by atoms with E-state index in [0.717, 1.165) is 11.5 Å². The molecule has 0 spiro atoms. The highest BCUT2D eigenvalue weighted by Crippen LogP contribution is 2.38. The Morgan fingerprint density at radius 3 is 2.71 bits per heavy atom. The predicted molar refractivity (Wildman–Crippen MR) is 95.3 cm³/mol. The molecule has 3 aromatic rings. The molecule has 1 aliphatic rings. The minimum atomic E-state index is 0.526. The molecule has 0 unspecified atom stereocenters. The molecule has 1 heterocycles. The Balaban J connectivity index is 1.40. The SMILES string of the molecule is Cc1cc(Sc2ccccc2)ccc1NCc1nc(C2CC2)no1. The van der Waals surface area contributed by atoms with Crippen molar-refractivity contribution in [1.82, 2.24) is 10.1 Å². The first-order valence-corrected chi connectivity index (χ1v) is 8.99. The summed E-state index contributed by atoms with van der Waals surface area (Å²) in [7, 11) is 0. The van der Waals surface area contributed by atoms with Crippen molar-refractivity contribution in [2.75, 3.05) is 5.32 Å². The summed E-state index contributed by atoms with van der Waals surface area (Å²) in [5, 5.41) is 7.43. The van der Waals surface area contributed by atoms with Crippen molar-refractivity contribution >= 4 is 17.4 Å². The van der Waals surface area contributed by atoms with Gasteiger partial charge in [0.15, 0.2) is 5.82 Å². The van der Waals surface area contributed by atoms with Crippen molar-refractivity contribution in [2.24, 2.45) is 0 Å². The fraction of sp³-hybridized carbons (Fsp3) is 0.263. The van der Waals surface area contributed by atoms with E-state index in [1.54, 1.807) is 11.8 Å². The Bertz CT molecular complexity index is 828. The normalized spacial score (nSPS) is 13.9. The first kappa shape index (κ1) is 15.3. The summed E-state index contributed by atoms with van der Waals surface area (Å²) in [6.07, 6.45) is 2.37. The Morgan fingerprint density at radius 2 is 1.96 bits per heavy atom. The number of rotatable bonds is 6. The molecular formula is C19H19N3OS. The van der Waals surface area contributed by atoms with E-state index in [9.17, 15) is 0 Å². The van der Waals surface area contributed by atoms with Gasteiger partial charge in [-0.05, 0) is 55.7 Å². The zero-order valence-corrected chi connectivity index (χ0v) is 14.3. The van der Waals surface area contributed by atoms with Gasteiger partial charge in [0, 0.05) is 21.4 Å². The third kappa shape index (κ3) is 3.62. The standard InChI is InChI=1S/C19H19N3OS/c1-13-11-16(24-15-5-3-2-4-6-15)9-10-17(13)20-12-18-21-19(22-23-18)14-7-8-14/h2-6,9-11,14,20H,7-8,12H2,1H3. The molecule has 122 valence electrons. The zero-order valence-electron chi connectivity index (χ0n) is 13.5. The van der Waals surface area contributed by atoms with Crippen molar-refractivity contribution < 1.29 is 4.52 Å². The van der Waals surface area contributed by atoms with Crippen molar-refractivity contribution in [2.45, 2.75) is 42.0 Å². The number of aryl methyl sites for hydroxylation is 1. The van der Waals surface area contributed by atoms with Gasteiger partial charge in [-0.25, -0.2) is 0 Å². The molecule has 0 aliphatic heterocycles. The maximum Gasteiger partial charge on any atom is 0.245 e. The summed E-state index contributed by atoms with van der Waals surface area (Å²) in [5.74, 6) is 2.04. The Morgan fingerprint density at radius 1 is 1.12 bits per heavy atom. The quantitative estimate of drug-likeness (QED) is 0.684. The van der Waals surface area contributed by atoms with E-state index >= 15 is 0 Å². The highest BCUT2D eigenvalue weighted by Gasteiger charge is 2.28. The van der Waals surface area contributed by atoms with E-state index in [1.165, 1.54) is 28.2 Å². The van der Waals surface area contributed by atoms with Gasteiger partial charge in [0.05, 0.1) is 6.54 Å². The topological polar surface area (TPSA) is 51.0 Å². The van der Waals surface area contributed by atoms with E-state index in [4.69, 9.17) is 4.52 Å². The van der Waals surface area contributed by atoms with Crippen LogP contribution in [-0.2, 0) is 6.54 Å². The molecule has 1 saturated carbocycles. The average molecular weight is 337 g/mol. The Hall–Kier alpha value is -2.27. The number of aromatic nitrogens is 2. The smallest absolute Gasteiger partial charge is 0.245 e. The van der Waals surface area contributed by atoms with Gasteiger partial charge in [-0.2, -0.15) is 4.98 Å². The van der Waals surface area contributed by atoms with Gasteiger partial charge in [-0.1, -0.05) is 35.1 Å². The van der Waals surface area contributed by atoms with Gasteiger partial charge in [-0.15, -0.1) is 0 Å². The molecule has 1 aliphatic carbocycles. The zero-order chi connectivity index (χ0) is 16.4. The third-order valence-electron chi connectivity index (χ3n) is 4.03. The number of nitrogens with zero attached hydrogens (tertiary/aromatic N) is 2. The van der Waals surface area contributed by atoms with Gasteiger partial charge >= 0.3 is 0 Å².